The summed E-state index contributed by atoms with van der Waals surface area (Å²) in [5, 5.41) is 0. The first-order valence-electron chi connectivity index (χ1n) is 61.4. The van der Waals surface area contributed by atoms with Crippen LogP contribution in [0.2, 0.25) is 0 Å². The monoisotopic (exact) mass is 1920 g/mol. The Labute approximate surface area is 879 Å². The normalized spacial score (nSPS) is 15.3. The SMILES string of the molecule is CCCCCCCCC1(CCCCCCCC)c2ccccc2-c2ccc(/C=C/c3ccc4c(c3)C(CCCC)(CCCC)c3c-4c4c(c5c3-c3ccc(/C=C/c6ccc7c(c6)C(CCCCCCCC)(CCCCCCCC)c6ccccc6-7)cc3C5(CCCC)CCCC)-c3ccc(/C=C/c5ccc6c(c5)C(CCCCCCCC)(CCCCCCCC)c5ccccc5-6)cc3C4(CCCC)CCCC)cc21. The third kappa shape index (κ3) is 22.6. The lowest BCUT2D eigenvalue weighted by Gasteiger charge is -2.39. The molecule has 0 nitrogen and oxygen atoms in total. The predicted molar refractivity (Wildman–Crippen MR) is 635 cm³/mol. The molecule has 144 heavy (non-hydrogen) atoms. The Balaban J connectivity index is 0.884. The van der Waals surface area contributed by atoms with Crippen molar-refractivity contribution in [1.29, 1.82) is 0 Å². The minimum absolute atomic E-state index is 0.0280. The lowest BCUT2D eigenvalue weighted by atomic mass is 9.63. The minimum Gasteiger partial charge on any atom is -0.0654 e. The van der Waals surface area contributed by atoms with E-state index in [1.807, 2.05) is 0 Å². The van der Waals surface area contributed by atoms with Gasteiger partial charge in [-0.3, -0.25) is 0 Å². The number of unbranched alkanes of at least 4 members (excludes halogenated alkanes) is 36. The van der Waals surface area contributed by atoms with E-state index in [0.29, 0.717) is 0 Å². The number of fused-ring (bicyclic) bond motifs is 21. The maximum Gasteiger partial charge on any atom is 0.0221 e. The van der Waals surface area contributed by atoms with Crippen LogP contribution in [-0.4, -0.2) is 0 Å². The molecule has 0 fully saturated rings. The van der Waals surface area contributed by atoms with Gasteiger partial charge in [0.1, 0.15) is 0 Å². The molecule has 0 radical (unpaired) electrons. The standard InChI is InChI=1S/C144H192/c1-13-25-37-43-49-61-97-139(98-62-50-44-38-26-14-2)124-70-58-55-67-115(124)118-85-79-109(103-127(118)139)73-76-112-82-88-121-130(106-112)142(91-31-19-7,92-32-20-8)136-133(121)137-135(123-90-84-114(108-132(123)143(137,93-33-21-9)94-34-22-10)78-75-111-81-87-120-117-69-57-60-72-126(117)141(129(120)105-111,101-65-53-47-41-29-17-5)102-66-54-48-42-30-18-6)138-134(136)122-89-83-113(107-131(122)144(138,95-35-23-11)96-36-24-12)77-74-110-80-86-119-116-68-56-59-71-125(116)140(128(119)104-110,99-63-51-45-39-27-15-3)100-64-52-46-40-28-16-4/h55-60,67-90,103-108H,13-54,61-66,91-102H2,1-12H3/b76-73+,77-74+,78-75+. The number of benzene rings is 10. The van der Waals surface area contributed by atoms with Crippen LogP contribution >= 0.6 is 0 Å². The Bertz CT molecular complexity index is 5220. The van der Waals surface area contributed by atoms with Crippen LogP contribution in [0, 0.1) is 0 Å². The van der Waals surface area contributed by atoms with Gasteiger partial charge in [-0.05, 0) is 244 Å². The molecule has 0 atom stereocenters. The Morgan fingerprint density at radius 2 is 0.292 bits per heavy atom. The van der Waals surface area contributed by atoms with Crippen molar-refractivity contribution in [2.24, 2.45) is 0 Å². The summed E-state index contributed by atoms with van der Waals surface area (Å²) in [7, 11) is 0. The summed E-state index contributed by atoms with van der Waals surface area (Å²) in [6.07, 6.45) is 91.7. The summed E-state index contributed by atoms with van der Waals surface area (Å²) in [6, 6.07) is 76.8. The van der Waals surface area contributed by atoms with Gasteiger partial charge in [0.25, 0.3) is 0 Å². The number of hydrogen-bond acceptors (Lipinski definition) is 0. The molecule has 0 N–H and O–H groups in total. The van der Waals surface area contributed by atoms with Crippen LogP contribution in [0.4, 0.5) is 0 Å². The van der Waals surface area contributed by atoms with Gasteiger partial charge in [0.2, 0.25) is 0 Å². The topological polar surface area (TPSA) is 0 Å². The van der Waals surface area contributed by atoms with E-state index in [1.54, 1.807) is 100 Å². The van der Waals surface area contributed by atoms with Gasteiger partial charge in [0, 0.05) is 32.5 Å². The van der Waals surface area contributed by atoms with Crippen LogP contribution in [0.25, 0.3) is 103 Å². The molecule has 10 aromatic rings. The van der Waals surface area contributed by atoms with Gasteiger partial charge in [0.15, 0.2) is 0 Å². The summed E-state index contributed by atoms with van der Waals surface area (Å²) < 4.78 is 0. The van der Waals surface area contributed by atoms with Crippen molar-refractivity contribution in [3.8, 4) is 66.8 Å². The summed E-state index contributed by atoms with van der Waals surface area (Å²) >= 11 is 0. The first-order valence-corrected chi connectivity index (χ1v) is 61.4. The van der Waals surface area contributed by atoms with Crippen molar-refractivity contribution in [1.82, 2.24) is 0 Å². The molecule has 0 unspecified atom stereocenters. The van der Waals surface area contributed by atoms with Gasteiger partial charge in [-0.1, -0.05) is 610 Å². The average molecular weight is 1920 g/mol. The molecule has 0 bridgehead atoms. The van der Waals surface area contributed by atoms with Crippen LogP contribution in [0.15, 0.2) is 182 Å². The second-order valence-electron chi connectivity index (χ2n) is 46.9. The Kier molecular flexibility index (Phi) is 39.5. The molecular formula is C144H192. The molecule has 0 amide bonds. The molecule has 16 rings (SSSR count). The Morgan fingerprint density at radius 3 is 0.486 bits per heavy atom. The van der Waals surface area contributed by atoms with Crippen molar-refractivity contribution in [3.63, 3.8) is 0 Å². The van der Waals surface area contributed by atoms with Gasteiger partial charge in [-0.2, -0.15) is 0 Å². The smallest absolute Gasteiger partial charge is 0.0221 e. The number of hydrogen-bond donors (Lipinski definition) is 0. The van der Waals surface area contributed by atoms with Crippen molar-refractivity contribution in [2.45, 2.75) is 501 Å². The van der Waals surface area contributed by atoms with Gasteiger partial charge >= 0.3 is 0 Å². The van der Waals surface area contributed by atoms with E-state index < -0.39 is 0 Å². The summed E-state index contributed by atoms with van der Waals surface area (Å²) in [5.74, 6) is 0. The van der Waals surface area contributed by atoms with Gasteiger partial charge < -0.3 is 0 Å². The third-order valence-electron chi connectivity index (χ3n) is 37.2. The fourth-order valence-electron chi connectivity index (χ4n) is 29.6. The average Bonchev–Trinajstić information content (AvgIpc) is 1.48. The van der Waals surface area contributed by atoms with Gasteiger partial charge in [0.05, 0.1) is 0 Å². The van der Waals surface area contributed by atoms with Gasteiger partial charge in [-0.25, -0.2) is 0 Å². The molecule has 0 saturated carbocycles. The van der Waals surface area contributed by atoms with Crippen LogP contribution in [0.1, 0.15) is 568 Å². The first kappa shape index (κ1) is 108. The van der Waals surface area contributed by atoms with Crippen LogP contribution in [0.3, 0.4) is 0 Å². The minimum atomic E-state index is -0.221. The predicted octanol–water partition coefficient (Wildman–Crippen LogP) is 45.4. The Hall–Kier alpha value is -8.58. The molecule has 0 spiro atoms. The first-order chi connectivity index (χ1) is 70.9. The zero-order valence-electron chi connectivity index (χ0n) is 93.2. The quantitative estimate of drug-likeness (QED) is 0.0263. The second-order valence-corrected chi connectivity index (χ2v) is 46.9. The fourth-order valence-corrected chi connectivity index (χ4v) is 29.6. The maximum atomic E-state index is 2.83. The summed E-state index contributed by atoms with van der Waals surface area (Å²) in [5.41, 5.74) is 45.7. The molecule has 0 saturated heterocycles. The molecule has 0 aliphatic heterocycles. The molecule has 768 valence electrons. The fraction of sp³-hybridized carbons (Fsp3) is 0.542. The van der Waals surface area contributed by atoms with E-state index in [9.17, 15) is 0 Å². The summed E-state index contributed by atoms with van der Waals surface area (Å²) in [6.45, 7) is 29.2. The van der Waals surface area contributed by atoms with Crippen LogP contribution in [0.5, 0.6) is 0 Å². The van der Waals surface area contributed by atoms with Crippen LogP contribution in [-0.2, 0) is 32.5 Å². The molecule has 6 aliphatic carbocycles. The van der Waals surface area contributed by atoms with E-state index in [1.165, 1.54) is 413 Å². The second kappa shape index (κ2) is 52.5. The van der Waals surface area contributed by atoms with Crippen molar-refractivity contribution in [3.05, 3.63) is 282 Å². The zero-order chi connectivity index (χ0) is 100. The van der Waals surface area contributed by atoms with Crippen LogP contribution < -0.4 is 0 Å². The number of rotatable bonds is 66. The molecule has 0 heterocycles. The Morgan fingerprint density at radius 1 is 0.139 bits per heavy atom. The van der Waals surface area contributed by atoms with E-state index in [-0.39, 0.29) is 32.5 Å². The molecule has 0 heteroatoms. The molecule has 6 aliphatic rings. The van der Waals surface area contributed by atoms with Crippen molar-refractivity contribution in [2.75, 3.05) is 0 Å². The highest BCUT2D eigenvalue weighted by atomic mass is 14.6. The molecular weight excluding hydrogens is 1730 g/mol. The van der Waals surface area contributed by atoms with Gasteiger partial charge in [-0.15, -0.1) is 0 Å². The van der Waals surface area contributed by atoms with E-state index in [2.05, 4.69) is 302 Å². The zero-order valence-corrected chi connectivity index (χ0v) is 93.2. The van der Waals surface area contributed by atoms with E-state index in [0.717, 1.165) is 38.5 Å². The lowest BCUT2D eigenvalue weighted by molar-refractivity contribution is 0.398. The highest BCUT2D eigenvalue weighted by molar-refractivity contribution is 6.06. The van der Waals surface area contributed by atoms with E-state index in [4.69, 9.17) is 0 Å². The third-order valence-corrected chi connectivity index (χ3v) is 37.2. The lowest BCUT2D eigenvalue weighted by Crippen LogP contribution is -2.31. The van der Waals surface area contributed by atoms with Crippen molar-refractivity contribution < 1.29 is 0 Å². The van der Waals surface area contributed by atoms with E-state index >= 15 is 0 Å². The molecule has 10 aromatic carbocycles. The highest BCUT2D eigenvalue weighted by Crippen LogP contribution is 2.73. The molecule has 0 aromatic heterocycles. The largest absolute Gasteiger partial charge is 0.0654 e. The maximum absolute atomic E-state index is 2.83. The van der Waals surface area contributed by atoms with Crippen molar-refractivity contribution >= 4 is 36.5 Å². The highest BCUT2D eigenvalue weighted by Gasteiger charge is 2.58. The summed E-state index contributed by atoms with van der Waals surface area (Å²) in [4.78, 5) is 0.